The predicted octanol–water partition coefficient (Wildman–Crippen LogP) is 5.00. The van der Waals surface area contributed by atoms with E-state index in [0.29, 0.717) is 28.3 Å². The molecule has 0 saturated heterocycles. The molecule has 3 aromatic rings. The van der Waals surface area contributed by atoms with Crippen molar-refractivity contribution in [3.05, 3.63) is 117 Å². The van der Waals surface area contributed by atoms with E-state index in [1.165, 1.54) is 12.1 Å². The lowest BCUT2D eigenvalue weighted by atomic mass is 9.79. The summed E-state index contributed by atoms with van der Waals surface area (Å²) in [6.45, 7) is 3.93. The molecule has 8 nitrogen and oxygen atoms in total. The van der Waals surface area contributed by atoms with Crippen LogP contribution in [0.25, 0.3) is 5.57 Å². The van der Waals surface area contributed by atoms with Crippen molar-refractivity contribution in [1.29, 1.82) is 0 Å². The number of benzene rings is 2. The highest BCUT2D eigenvalue weighted by Gasteiger charge is 2.35. The second kappa shape index (κ2) is 10.6. The topological polar surface area (TPSA) is 104 Å². The van der Waals surface area contributed by atoms with Gasteiger partial charge in [0.1, 0.15) is 19.0 Å². The number of nitro groups is 1. The summed E-state index contributed by atoms with van der Waals surface area (Å²) in [5.41, 5.74) is 3.77. The molecule has 2 heterocycles. The highest BCUT2D eigenvalue weighted by atomic mass is 16.6. The fourth-order valence-electron chi connectivity index (χ4n) is 4.17. The molecule has 0 fully saturated rings. The molecular formula is C27H25N3O5. The van der Waals surface area contributed by atoms with Gasteiger partial charge in [0, 0.05) is 41.2 Å². The van der Waals surface area contributed by atoms with Crippen molar-refractivity contribution < 1.29 is 19.2 Å². The Labute approximate surface area is 203 Å². The van der Waals surface area contributed by atoms with Gasteiger partial charge < -0.3 is 14.8 Å². The van der Waals surface area contributed by atoms with Gasteiger partial charge in [-0.1, -0.05) is 36.4 Å². The highest BCUT2D eigenvalue weighted by Crippen LogP contribution is 2.43. The number of nitrogens with zero attached hydrogens (tertiary/aromatic N) is 2. The molecule has 35 heavy (non-hydrogen) atoms. The Kier molecular flexibility index (Phi) is 7.21. The summed E-state index contributed by atoms with van der Waals surface area (Å²) in [6, 6.07) is 21.1. The van der Waals surface area contributed by atoms with Crippen molar-refractivity contribution in [2.24, 2.45) is 0 Å². The van der Waals surface area contributed by atoms with Crippen molar-refractivity contribution in [3.63, 3.8) is 0 Å². The van der Waals surface area contributed by atoms with Crippen LogP contribution in [0.5, 0.6) is 5.75 Å². The van der Waals surface area contributed by atoms with E-state index in [1.54, 1.807) is 31.3 Å². The maximum absolute atomic E-state index is 13.4. The number of allylic oxidation sites excluding steroid dienone is 3. The van der Waals surface area contributed by atoms with Gasteiger partial charge in [-0.25, -0.2) is 4.79 Å². The van der Waals surface area contributed by atoms with E-state index in [0.717, 1.165) is 11.3 Å². The molecule has 1 aliphatic rings. The Bertz CT molecular complexity index is 1290. The van der Waals surface area contributed by atoms with Gasteiger partial charge in [-0.3, -0.25) is 15.1 Å². The monoisotopic (exact) mass is 471 g/mol. The lowest BCUT2D eigenvalue weighted by Crippen LogP contribution is -2.29. The zero-order chi connectivity index (χ0) is 24.8. The first kappa shape index (κ1) is 23.7. The minimum absolute atomic E-state index is 0.0494. The Morgan fingerprint density at radius 2 is 1.77 bits per heavy atom. The number of para-hydroxylation sites is 1. The second-order valence-corrected chi connectivity index (χ2v) is 8.00. The number of pyridine rings is 1. The van der Waals surface area contributed by atoms with Crippen LogP contribution in [0.15, 0.2) is 96.0 Å². The van der Waals surface area contributed by atoms with Crippen LogP contribution in [0.3, 0.4) is 0 Å². The van der Waals surface area contributed by atoms with E-state index >= 15 is 0 Å². The third kappa shape index (κ3) is 5.38. The van der Waals surface area contributed by atoms with Crippen molar-refractivity contribution >= 4 is 17.2 Å². The Hall–Kier alpha value is -4.46. The first-order chi connectivity index (χ1) is 17.0. The molecule has 0 aliphatic carbocycles. The summed E-state index contributed by atoms with van der Waals surface area (Å²) in [5, 5.41) is 14.7. The number of dihydropyridines is 1. The minimum Gasteiger partial charge on any atom is -0.490 e. The molecule has 1 atom stereocenters. The summed E-state index contributed by atoms with van der Waals surface area (Å²) in [4.78, 5) is 28.9. The fourth-order valence-corrected chi connectivity index (χ4v) is 4.17. The number of hydrogen-bond donors (Lipinski definition) is 1. The molecule has 1 aromatic heterocycles. The summed E-state index contributed by atoms with van der Waals surface area (Å²) in [5.74, 6) is -0.443. The van der Waals surface area contributed by atoms with Gasteiger partial charge in [-0.2, -0.15) is 0 Å². The zero-order valence-electron chi connectivity index (χ0n) is 19.4. The van der Waals surface area contributed by atoms with Crippen LogP contribution in [0, 0.1) is 10.1 Å². The number of esters is 1. The number of rotatable bonds is 8. The van der Waals surface area contributed by atoms with Crippen molar-refractivity contribution in [2.45, 2.75) is 19.8 Å². The first-order valence-electron chi connectivity index (χ1n) is 11.1. The molecule has 2 aromatic carbocycles. The maximum atomic E-state index is 13.4. The van der Waals surface area contributed by atoms with Gasteiger partial charge in [-0.15, -0.1) is 0 Å². The van der Waals surface area contributed by atoms with E-state index in [2.05, 4.69) is 10.3 Å². The SMILES string of the molecule is CC1=C(C(=O)OCCOc2ccccc2)C(c2cccc([N+](=O)[O-])c2)C(c2ccccn2)=C(C)N1. The number of nitro benzene ring substituents is 1. The van der Waals surface area contributed by atoms with Gasteiger partial charge >= 0.3 is 5.97 Å². The third-order valence-electron chi connectivity index (χ3n) is 5.66. The lowest BCUT2D eigenvalue weighted by Gasteiger charge is -2.31. The summed E-state index contributed by atoms with van der Waals surface area (Å²) in [7, 11) is 0. The Balaban J connectivity index is 1.66. The molecule has 0 amide bonds. The van der Waals surface area contributed by atoms with E-state index in [9.17, 15) is 14.9 Å². The Morgan fingerprint density at radius 3 is 2.49 bits per heavy atom. The molecule has 4 rings (SSSR count). The number of carbonyl (C=O) groups excluding carboxylic acids is 1. The predicted molar refractivity (Wildman–Crippen MR) is 131 cm³/mol. The van der Waals surface area contributed by atoms with Gasteiger partial charge in [0.25, 0.3) is 5.69 Å². The summed E-state index contributed by atoms with van der Waals surface area (Å²) in [6.07, 6.45) is 1.67. The number of ether oxygens (including phenoxy) is 2. The van der Waals surface area contributed by atoms with Crippen LogP contribution in [-0.2, 0) is 9.53 Å². The van der Waals surface area contributed by atoms with Crippen LogP contribution in [0.4, 0.5) is 5.69 Å². The van der Waals surface area contributed by atoms with Gasteiger partial charge in [0.2, 0.25) is 0 Å². The van der Waals surface area contributed by atoms with Crippen LogP contribution in [-0.4, -0.2) is 29.1 Å². The van der Waals surface area contributed by atoms with Crippen molar-refractivity contribution in [1.82, 2.24) is 10.3 Å². The normalized spacial score (nSPS) is 15.4. The molecule has 0 spiro atoms. The van der Waals surface area contributed by atoms with Crippen LogP contribution < -0.4 is 10.1 Å². The quantitative estimate of drug-likeness (QED) is 0.213. The second-order valence-electron chi connectivity index (χ2n) is 8.00. The Morgan fingerprint density at radius 1 is 1.00 bits per heavy atom. The number of carbonyl (C=O) groups is 1. The molecule has 0 radical (unpaired) electrons. The fraction of sp³-hybridized carbons (Fsp3) is 0.185. The van der Waals surface area contributed by atoms with Crippen LogP contribution in [0.1, 0.15) is 31.0 Å². The van der Waals surface area contributed by atoms with Crippen molar-refractivity contribution in [2.75, 3.05) is 13.2 Å². The number of nitrogens with one attached hydrogen (secondary N) is 1. The van der Waals surface area contributed by atoms with Gasteiger partial charge in [-0.05, 0) is 43.7 Å². The smallest absolute Gasteiger partial charge is 0.336 e. The highest BCUT2D eigenvalue weighted by molar-refractivity contribution is 5.97. The number of aromatic nitrogens is 1. The molecule has 0 bridgehead atoms. The molecule has 1 unspecified atom stereocenters. The molecule has 8 heteroatoms. The average molecular weight is 472 g/mol. The van der Waals surface area contributed by atoms with E-state index < -0.39 is 16.8 Å². The van der Waals surface area contributed by atoms with E-state index in [4.69, 9.17) is 9.47 Å². The average Bonchev–Trinajstić information content (AvgIpc) is 2.87. The third-order valence-corrected chi connectivity index (χ3v) is 5.66. The summed E-state index contributed by atoms with van der Waals surface area (Å²) >= 11 is 0. The molecule has 178 valence electrons. The van der Waals surface area contributed by atoms with Crippen LogP contribution >= 0.6 is 0 Å². The zero-order valence-corrected chi connectivity index (χ0v) is 19.4. The largest absolute Gasteiger partial charge is 0.490 e. The van der Waals surface area contributed by atoms with E-state index in [1.807, 2.05) is 49.4 Å². The first-order valence-corrected chi connectivity index (χ1v) is 11.1. The molecule has 0 saturated carbocycles. The minimum atomic E-state index is -0.603. The molecule has 1 aliphatic heterocycles. The summed E-state index contributed by atoms with van der Waals surface area (Å²) < 4.78 is 11.2. The molecule has 1 N–H and O–H groups in total. The maximum Gasteiger partial charge on any atom is 0.336 e. The van der Waals surface area contributed by atoms with Gasteiger partial charge in [0.15, 0.2) is 0 Å². The standard InChI is InChI=1S/C27H25N3O5/c1-18-24(23-13-6-7-14-28-23)26(20-9-8-10-21(17-20)30(32)33)25(19(2)29-18)27(31)35-16-15-34-22-11-4-3-5-12-22/h3-14,17,26,29H,15-16H2,1-2H3. The van der Waals surface area contributed by atoms with Crippen molar-refractivity contribution in [3.8, 4) is 5.75 Å². The lowest BCUT2D eigenvalue weighted by molar-refractivity contribution is -0.384. The van der Waals surface area contributed by atoms with Crippen LogP contribution in [0.2, 0.25) is 0 Å². The van der Waals surface area contributed by atoms with Gasteiger partial charge in [0.05, 0.1) is 16.2 Å². The molecular weight excluding hydrogens is 446 g/mol. The number of hydrogen-bond acceptors (Lipinski definition) is 7. The number of non-ortho nitro benzene ring substituents is 1. The van der Waals surface area contributed by atoms with E-state index in [-0.39, 0.29) is 18.9 Å².